The standard InChI is InChI=1S/C22H17F3O2/c1-3-12-5-6-13(17(23)11-12)14-7-8-15-16-9-10-18(26-4-2)20(25)22(16)27-21(15)19(14)24/h5-11H,3-4H2,1-2H3. The van der Waals surface area contributed by atoms with E-state index in [-0.39, 0.29) is 28.0 Å². The SMILES string of the molecule is CCOc1ccc2c(oc3c(F)c(-c4ccc(CC)cc4F)ccc32)c1F. The largest absolute Gasteiger partial charge is 0.491 e. The summed E-state index contributed by atoms with van der Waals surface area (Å²) in [6.07, 6.45) is 0.684. The molecule has 0 amide bonds. The molecule has 0 saturated heterocycles. The van der Waals surface area contributed by atoms with Crippen molar-refractivity contribution in [2.75, 3.05) is 6.61 Å². The predicted molar refractivity (Wildman–Crippen MR) is 99.6 cm³/mol. The minimum atomic E-state index is -0.718. The Morgan fingerprint density at radius 2 is 1.48 bits per heavy atom. The van der Waals surface area contributed by atoms with Crippen molar-refractivity contribution in [1.82, 2.24) is 0 Å². The van der Waals surface area contributed by atoms with Crippen LogP contribution in [0.4, 0.5) is 13.2 Å². The van der Waals surface area contributed by atoms with Crippen molar-refractivity contribution in [2.24, 2.45) is 0 Å². The number of furan rings is 1. The molecular formula is C22H17F3O2. The highest BCUT2D eigenvalue weighted by atomic mass is 19.1. The Bertz CT molecular complexity index is 1160. The number of ether oxygens (including phenoxy) is 1. The lowest BCUT2D eigenvalue weighted by Crippen LogP contribution is -1.94. The molecule has 0 N–H and O–H groups in total. The summed E-state index contributed by atoms with van der Waals surface area (Å²) in [5.41, 5.74) is 0.865. The summed E-state index contributed by atoms with van der Waals surface area (Å²) in [4.78, 5) is 0. The molecule has 0 bridgehead atoms. The zero-order chi connectivity index (χ0) is 19.1. The Balaban J connectivity index is 1.94. The molecule has 3 aromatic carbocycles. The summed E-state index contributed by atoms with van der Waals surface area (Å²) in [5, 5.41) is 0.872. The van der Waals surface area contributed by atoms with Crippen molar-refractivity contribution in [3.05, 3.63) is 65.5 Å². The maximum Gasteiger partial charge on any atom is 0.208 e. The lowest BCUT2D eigenvalue weighted by molar-refractivity contribution is 0.321. The number of rotatable bonds is 4. The molecule has 0 fully saturated rings. The highest BCUT2D eigenvalue weighted by Crippen LogP contribution is 2.38. The van der Waals surface area contributed by atoms with Gasteiger partial charge >= 0.3 is 0 Å². The normalized spacial score (nSPS) is 11.4. The van der Waals surface area contributed by atoms with E-state index >= 15 is 4.39 Å². The van der Waals surface area contributed by atoms with Crippen LogP contribution < -0.4 is 4.74 Å². The van der Waals surface area contributed by atoms with Gasteiger partial charge in [0.15, 0.2) is 22.7 Å². The molecule has 4 aromatic rings. The van der Waals surface area contributed by atoms with E-state index in [0.29, 0.717) is 23.8 Å². The van der Waals surface area contributed by atoms with Gasteiger partial charge in [-0.15, -0.1) is 0 Å². The van der Waals surface area contributed by atoms with Gasteiger partial charge in [-0.1, -0.05) is 25.1 Å². The third kappa shape index (κ3) is 2.74. The molecule has 0 aliphatic heterocycles. The van der Waals surface area contributed by atoms with Crippen molar-refractivity contribution in [2.45, 2.75) is 20.3 Å². The summed E-state index contributed by atoms with van der Waals surface area (Å²) in [5.74, 6) is -1.85. The minimum Gasteiger partial charge on any atom is -0.491 e. The van der Waals surface area contributed by atoms with Gasteiger partial charge in [0.2, 0.25) is 5.82 Å². The third-order valence-corrected chi connectivity index (χ3v) is 4.68. The number of hydrogen-bond donors (Lipinski definition) is 0. The van der Waals surface area contributed by atoms with Crippen LogP contribution >= 0.6 is 0 Å². The Labute approximate surface area is 154 Å². The predicted octanol–water partition coefficient (Wildman–Crippen LogP) is 6.63. The van der Waals surface area contributed by atoms with Gasteiger partial charge in [0.1, 0.15) is 5.82 Å². The molecule has 4 rings (SSSR count). The molecule has 2 nitrogen and oxygen atoms in total. The molecule has 5 heteroatoms. The second-order valence-electron chi connectivity index (χ2n) is 6.26. The molecular weight excluding hydrogens is 353 g/mol. The van der Waals surface area contributed by atoms with E-state index in [4.69, 9.17) is 9.15 Å². The van der Waals surface area contributed by atoms with E-state index in [1.807, 2.05) is 6.92 Å². The first-order chi connectivity index (χ1) is 13.0. The first-order valence-electron chi connectivity index (χ1n) is 8.80. The van der Waals surface area contributed by atoms with Crippen LogP contribution in [0.5, 0.6) is 5.75 Å². The lowest BCUT2D eigenvalue weighted by atomic mass is 10.00. The molecule has 0 saturated carbocycles. The van der Waals surface area contributed by atoms with Gasteiger partial charge in [-0.2, -0.15) is 4.39 Å². The smallest absolute Gasteiger partial charge is 0.208 e. The first kappa shape index (κ1) is 17.5. The molecule has 0 radical (unpaired) electrons. The molecule has 1 heterocycles. The molecule has 0 aliphatic carbocycles. The topological polar surface area (TPSA) is 22.4 Å². The fraction of sp³-hybridized carbons (Fsp3) is 0.182. The Kier molecular flexibility index (Phi) is 4.30. The van der Waals surface area contributed by atoms with Crippen molar-refractivity contribution >= 4 is 21.9 Å². The summed E-state index contributed by atoms with van der Waals surface area (Å²) in [6, 6.07) is 10.9. The number of fused-ring (bicyclic) bond motifs is 3. The van der Waals surface area contributed by atoms with Gasteiger partial charge in [-0.3, -0.25) is 0 Å². The Morgan fingerprint density at radius 1 is 0.815 bits per heavy atom. The van der Waals surface area contributed by atoms with Crippen molar-refractivity contribution < 1.29 is 22.3 Å². The van der Waals surface area contributed by atoms with Gasteiger partial charge in [-0.05, 0) is 43.2 Å². The monoisotopic (exact) mass is 370 g/mol. The third-order valence-electron chi connectivity index (χ3n) is 4.68. The Morgan fingerprint density at radius 3 is 2.15 bits per heavy atom. The fourth-order valence-electron chi connectivity index (χ4n) is 3.29. The van der Waals surface area contributed by atoms with Crippen LogP contribution in [0.15, 0.2) is 46.9 Å². The van der Waals surface area contributed by atoms with E-state index < -0.39 is 17.5 Å². The quantitative estimate of drug-likeness (QED) is 0.402. The molecule has 1 aromatic heterocycles. The van der Waals surface area contributed by atoms with Crippen LogP contribution in [-0.4, -0.2) is 6.61 Å². The zero-order valence-electron chi connectivity index (χ0n) is 14.9. The first-order valence-corrected chi connectivity index (χ1v) is 8.80. The van der Waals surface area contributed by atoms with Crippen molar-refractivity contribution in [1.29, 1.82) is 0 Å². The number of aryl methyl sites for hydroxylation is 1. The Hall–Kier alpha value is -2.95. The van der Waals surface area contributed by atoms with Crippen LogP contribution in [0.25, 0.3) is 33.1 Å². The van der Waals surface area contributed by atoms with Crippen LogP contribution in [0, 0.1) is 17.5 Å². The van der Waals surface area contributed by atoms with E-state index in [9.17, 15) is 8.78 Å². The van der Waals surface area contributed by atoms with Crippen molar-refractivity contribution in [3.8, 4) is 16.9 Å². The highest BCUT2D eigenvalue weighted by molar-refractivity contribution is 6.06. The van der Waals surface area contributed by atoms with Gasteiger partial charge in [0, 0.05) is 21.9 Å². The molecule has 0 unspecified atom stereocenters. The van der Waals surface area contributed by atoms with Crippen LogP contribution in [0.1, 0.15) is 19.4 Å². The van der Waals surface area contributed by atoms with Crippen LogP contribution in [-0.2, 0) is 6.42 Å². The molecule has 0 atom stereocenters. The summed E-state index contributed by atoms with van der Waals surface area (Å²) in [7, 11) is 0. The maximum absolute atomic E-state index is 15.1. The number of benzene rings is 3. The average Bonchev–Trinajstić information content (AvgIpc) is 3.05. The number of halogens is 3. The molecule has 27 heavy (non-hydrogen) atoms. The molecule has 0 spiro atoms. The van der Waals surface area contributed by atoms with Crippen molar-refractivity contribution in [3.63, 3.8) is 0 Å². The summed E-state index contributed by atoms with van der Waals surface area (Å²) < 4.78 is 54.9. The summed E-state index contributed by atoms with van der Waals surface area (Å²) in [6.45, 7) is 3.96. The summed E-state index contributed by atoms with van der Waals surface area (Å²) >= 11 is 0. The van der Waals surface area contributed by atoms with Gasteiger partial charge < -0.3 is 9.15 Å². The fourth-order valence-corrected chi connectivity index (χ4v) is 3.29. The average molecular weight is 370 g/mol. The van der Waals surface area contributed by atoms with Crippen LogP contribution in [0.3, 0.4) is 0 Å². The second kappa shape index (κ2) is 6.65. The molecule has 138 valence electrons. The van der Waals surface area contributed by atoms with Gasteiger partial charge in [0.05, 0.1) is 6.61 Å². The van der Waals surface area contributed by atoms with Gasteiger partial charge in [0.25, 0.3) is 0 Å². The minimum absolute atomic E-state index is 0.0471. The van der Waals surface area contributed by atoms with E-state index in [0.717, 1.165) is 5.56 Å². The maximum atomic E-state index is 15.1. The number of hydrogen-bond acceptors (Lipinski definition) is 2. The van der Waals surface area contributed by atoms with Crippen LogP contribution in [0.2, 0.25) is 0 Å². The van der Waals surface area contributed by atoms with E-state index in [1.54, 1.807) is 31.2 Å². The highest BCUT2D eigenvalue weighted by Gasteiger charge is 2.21. The van der Waals surface area contributed by atoms with Gasteiger partial charge in [-0.25, -0.2) is 8.78 Å². The molecule has 0 aliphatic rings. The zero-order valence-corrected chi connectivity index (χ0v) is 14.9. The second-order valence-corrected chi connectivity index (χ2v) is 6.26. The van der Waals surface area contributed by atoms with E-state index in [1.165, 1.54) is 18.2 Å². The lowest BCUT2D eigenvalue weighted by Gasteiger charge is -2.07. The van der Waals surface area contributed by atoms with E-state index in [2.05, 4.69) is 0 Å².